The first kappa shape index (κ1) is 20.3. The van der Waals surface area contributed by atoms with Gasteiger partial charge in [0.1, 0.15) is 12.4 Å². The number of ether oxygens (including phenoxy) is 3. The molecule has 0 amide bonds. The standard InChI is InChI=1S/C23H24INO3/c1-3-27-22-14-18(15-25-19-9-11-20(26-2)12-10-19)13-21(24)23(22)28-16-17-7-5-4-6-8-17/h4-14,25H,3,15-16H2,1-2H3. The lowest BCUT2D eigenvalue weighted by Crippen LogP contribution is -2.05. The molecule has 5 heteroatoms. The monoisotopic (exact) mass is 489 g/mol. The van der Waals surface area contributed by atoms with E-state index >= 15 is 0 Å². The van der Waals surface area contributed by atoms with E-state index < -0.39 is 0 Å². The molecule has 0 heterocycles. The molecule has 0 aliphatic carbocycles. The number of halogens is 1. The smallest absolute Gasteiger partial charge is 0.174 e. The van der Waals surface area contributed by atoms with Gasteiger partial charge in [-0.1, -0.05) is 30.3 Å². The van der Waals surface area contributed by atoms with Gasteiger partial charge in [-0.25, -0.2) is 0 Å². The summed E-state index contributed by atoms with van der Waals surface area (Å²) in [7, 11) is 1.67. The molecule has 28 heavy (non-hydrogen) atoms. The number of rotatable bonds is 9. The predicted molar refractivity (Wildman–Crippen MR) is 121 cm³/mol. The Morgan fingerprint density at radius 3 is 2.32 bits per heavy atom. The van der Waals surface area contributed by atoms with Crippen molar-refractivity contribution >= 4 is 28.3 Å². The summed E-state index contributed by atoms with van der Waals surface area (Å²) in [6.45, 7) is 3.78. The van der Waals surface area contributed by atoms with E-state index in [-0.39, 0.29) is 0 Å². The van der Waals surface area contributed by atoms with Gasteiger partial charge in [0, 0.05) is 12.2 Å². The van der Waals surface area contributed by atoms with Gasteiger partial charge in [0.2, 0.25) is 0 Å². The Hall–Kier alpha value is -2.41. The molecule has 146 valence electrons. The van der Waals surface area contributed by atoms with E-state index in [9.17, 15) is 0 Å². The van der Waals surface area contributed by atoms with E-state index in [1.54, 1.807) is 7.11 Å². The van der Waals surface area contributed by atoms with Gasteiger partial charge in [-0.3, -0.25) is 0 Å². The molecule has 0 spiro atoms. The number of nitrogens with one attached hydrogen (secondary N) is 1. The highest BCUT2D eigenvalue weighted by Crippen LogP contribution is 2.35. The van der Waals surface area contributed by atoms with Crippen LogP contribution >= 0.6 is 22.6 Å². The molecular weight excluding hydrogens is 465 g/mol. The van der Waals surface area contributed by atoms with Crippen molar-refractivity contribution < 1.29 is 14.2 Å². The van der Waals surface area contributed by atoms with E-state index in [0.717, 1.165) is 37.6 Å². The minimum Gasteiger partial charge on any atom is -0.497 e. The van der Waals surface area contributed by atoms with Crippen molar-refractivity contribution in [1.82, 2.24) is 0 Å². The second kappa shape index (κ2) is 10.2. The van der Waals surface area contributed by atoms with Crippen LogP contribution in [0.1, 0.15) is 18.1 Å². The lowest BCUT2D eigenvalue weighted by molar-refractivity contribution is 0.267. The average molecular weight is 489 g/mol. The zero-order valence-corrected chi connectivity index (χ0v) is 18.2. The molecule has 1 N–H and O–H groups in total. The van der Waals surface area contributed by atoms with Gasteiger partial charge in [0.05, 0.1) is 17.3 Å². The van der Waals surface area contributed by atoms with E-state index in [0.29, 0.717) is 19.8 Å². The van der Waals surface area contributed by atoms with Crippen LogP contribution in [0.5, 0.6) is 17.2 Å². The third-order valence-corrected chi connectivity index (χ3v) is 4.98. The van der Waals surface area contributed by atoms with Crippen LogP contribution in [0.3, 0.4) is 0 Å². The van der Waals surface area contributed by atoms with E-state index in [2.05, 4.69) is 46.1 Å². The highest BCUT2D eigenvalue weighted by Gasteiger charge is 2.13. The van der Waals surface area contributed by atoms with Crippen LogP contribution in [0.15, 0.2) is 66.7 Å². The molecule has 0 fully saturated rings. The van der Waals surface area contributed by atoms with Gasteiger partial charge in [0.25, 0.3) is 0 Å². The molecule has 0 saturated heterocycles. The summed E-state index contributed by atoms with van der Waals surface area (Å²) >= 11 is 2.31. The van der Waals surface area contributed by atoms with E-state index in [1.165, 1.54) is 0 Å². The molecule has 0 bridgehead atoms. The van der Waals surface area contributed by atoms with Crippen LogP contribution < -0.4 is 19.5 Å². The molecule has 0 radical (unpaired) electrons. The van der Waals surface area contributed by atoms with Gasteiger partial charge in [-0.2, -0.15) is 0 Å². The average Bonchev–Trinajstić information content (AvgIpc) is 2.73. The van der Waals surface area contributed by atoms with Gasteiger partial charge in [-0.15, -0.1) is 0 Å². The first-order valence-corrected chi connectivity index (χ1v) is 10.3. The van der Waals surface area contributed by atoms with Gasteiger partial charge in [0.15, 0.2) is 11.5 Å². The molecule has 4 nitrogen and oxygen atoms in total. The molecule has 0 unspecified atom stereocenters. The van der Waals surface area contributed by atoms with Crippen molar-refractivity contribution in [3.8, 4) is 17.2 Å². The predicted octanol–water partition coefficient (Wildman–Crippen LogP) is 5.89. The summed E-state index contributed by atoms with van der Waals surface area (Å²) in [5.41, 5.74) is 3.31. The lowest BCUT2D eigenvalue weighted by Gasteiger charge is -2.16. The highest BCUT2D eigenvalue weighted by molar-refractivity contribution is 14.1. The topological polar surface area (TPSA) is 39.7 Å². The van der Waals surface area contributed by atoms with Crippen molar-refractivity contribution in [2.75, 3.05) is 19.0 Å². The summed E-state index contributed by atoms with van der Waals surface area (Å²) in [5.74, 6) is 2.41. The first-order chi connectivity index (χ1) is 13.7. The molecule has 0 saturated carbocycles. The summed E-state index contributed by atoms with van der Waals surface area (Å²) in [6.07, 6.45) is 0. The van der Waals surface area contributed by atoms with Crippen LogP contribution in [-0.2, 0) is 13.2 Å². The van der Waals surface area contributed by atoms with Gasteiger partial charge in [-0.05, 0) is 77.0 Å². The summed E-state index contributed by atoms with van der Waals surface area (Å²) in [5, 5.41) is 3.43. The van der Waals surface area contributed by atoms with Crippen LogP contribution in [0.4, 0.5) is 5.69 Å². The lowest BCUT2D eigenvalue weighted by atomic mass is 10.2. The molecule has 3 aromatic rings. The SMILES string of the molecule is CCOc1cc(CNc2ccc(OC)cc2)cc(I)c1OCc1ccccc1. The first-order valence-electron chi connectivity index (χ1n) is 9.19. The van der Waals surface area contributed by atoms with E-state index in [4.69, 9.17) is 14.2 Å². The number of benzene rings is 3. The molecule has 0 aliphatic rings. The second-order valence-electron chi connectivity index (χ2n) is 6.19. The van der Waals surface area contributed by atoms with Crippen LogP contribution in [0.2, 0.25) is 0 Å². The summed E-state index contributed by atoms with van der Waals surface area (Å²) in [4.78, 5) is 0. The normalized spacial score (nSPS) is 10.4. The zero-order chi connectivity index (χ0) is 19.8. The molecule has 0 atom stereocenters. The Labute approximate surface area is 180 Å². The van der Waals surface area contributed by atoms with Crippen LogP contribution in [0.25, 0.3) is 0 Å². The fourth-order valence-electron chi connectivity index (χ4n) is 2.77. The second-order valence-corrected chi connectivity index (χ2v) is 7.36. The Balaban J connectivity index is 1.71. The minimum atomic E-state index is 0.514. The maximum Gasteiger partial charge on any atom is 0.174 e. The molecular formula is C23H24INO3. The third kappa shape index (κ3) is 5.55. The van der Waals surface area contributed by atoms with Crippen LogP contribution in [-0.4, -0.2) is 13.7 Å². The van der Waals surface area contributed by atoms with Gasteiger partial charge < -0.3 is 19.5 Å². The fourth-order valence-corrected chi connectivity index (χ4v) is 3.59. The quantitative estimate of drug-likeness (QED) is 0.381. The molecule has 0 aromatic heterocycles. The Bertz CT molecular complexity index is 882. The summed E-state index contributed by atoms with van der Waals surface area (Å²) < 4.78 is 18.2. The van der Waals surface area contributed by atoms with Gasteiger partial charge >= 0.3 is 0 Å². The minimum absolute atomic E-state index is 0.514. The fraction of sp³-hybridized carbons (Fsp3) is 0.217. The summed E-state index contributed by atoms with van der Waals surface area (Å²) in [6, 6.07) is 22.2. The van der Waals surface area contributed by atoms with Crippen LogP contribution in [0, 0.1) is 3.57 Å². The zero-order valence-electron chi connectivity index (χ0n) is 16.1. The maximum atomic E-state index is 6.08. The number of hydrogen-bond donors (Lipinski definition) is 1. The van der Waals surface area contributed by atoms with Crippen molar-refractivity contribution in [2.45, 2.75) is 20.1 Å². The Morgan fingerprint density at radius 2 is 1.64 bits per heavy atom. The Morgan fingerprint density at radius 1 is 0.893 bits per heavy atom. The molecule has 3 rings (SSSR count). The largest absolute Gasteiger partial charge is 0.497 e. The van der Waals surface area contributed by atoms with Crippen molar-refractivity contribution in [2.24, 2.45) is 0 Å². The maximum absolute atomic E-state index is 6.08. The van der Waals surface area contributed by atoms with Crippen molar-refractivity contribution in [1.29, 1.82) is 0 Å². The molecule has 0 aliphatic heterocycles. The highest BCUT2D eigenvalue weighted by atomic mass is 127. The third-order valence-electron chi connectivity index (χ3n) is 4.18. The van der Waals surface area contributed by atoms with E-state index in [1.807, 2.05) is 55.5 Å². The number of hydrogen-bond acceptors (Lipinski definition) is 4. The number of methoxy groups -OCH3 is 1. The van der Waals surface area contributed by atoms with Crippen molar-refractivity contribution in [3.05, 3.63) is 81.4 Å². The molecule has 3 aromatic carbocycles. The van der Waals surface area contributed by atoms with Crippen molar-refractivity contribution in [3.63, 3.8) is 0 Å². The Kier molecular flexibility index (Phi) is 7.42. The number of anilines is 1.